The number of amides is 1. The molecule has 0 unspecified atom stereocenters. The summed E-state index contributed by atoms with van der Waals surface area (Å²) in [5.41, 5.74) is 1.15. The number of pyridine rings is 1. The number of nitrogens with one attached hydrogen (secondary N) is 1. The highest BCUT2D eigenvalue weighted by Crippen LogP contribution is 2.31. The zero-order valence-corrected chi connectivity index (χ0v) is 15.1. The van der Waals surface area contributed by atoms with Crippen molar-refractivity contribution in [2.45, 2.75) is 0 Å². The minimum atomic E-state index is -0.615. The molecule has 6 heteroatoms. The summed E-state index contributed by atoms with van der Waals surface area (Å²) in [7, 11) is 0. The molecule has 0 radical (unpaired) electrons. The Bertz CT molecular complexity index is 1210. The van der Waals surface area contributed by atoms with Crippen LogP contribution in [0.2, 0.25) is 0 Å². The maximum absolute atomic E-state index is 13.9. The van der Waals surface area contributed by atoms with Crippen LogP contribution in [0, 0.1) is 5.82 Å². The molecule has 1 N–H and O–H groups in total. The largest absolute Gasteiger partial charge is 0.422 e. The predicted octanol–water partition coefficient (Wildman–Crippen LogP) is 4.85. The fourth-order valence-corrected chi connectivity index (χ4v) is 2.90. The van der Waals surface area contributed by atoms with Crippen LogP contribution in [0.15, 0.2) is 85.1 Å². The maximum atomic E-state index is 13.9. The molecule has 3 aromatic carbocycles. The van der Waals surface area contributed by atoms with Gasteiger partial charge in [-0.25, -0.2) is 9.18 Å². The Balaban J connectivity index is 1.66. The number of anilines is 1. The molecule has 4 aromatic rings. The average molecular weight is 386 g/mol. The van der Waals surface area contributed by atoms with E-state index in [-0.39, 0.29) is 5.56 Å². The van der Waals surface area contributed by atoms with Gasteiger partial charge in [0.05, 0.1) is 22.3 Å². The number of aromatic nitrogens is 1. The van der Waals surface area contributed by atoms with Gasteiger partial charge >= 0.3 is 5.97 Å². The van der Waals surface area contributed by atoms with E-state index < -0.39 is 17.7 Å². The quantitative estimate of drug-likeness (QED) is 0.402. The van der Waals surface area contributed by atoms with Gasteiger partial charge in [0.15, 0.2) is 0 Å². The number of benzene rings is 3. The van der Waals surface area contributed by atoms with Crippen molar-refractivity contribution in [2.24, 2.45) is 0 Å². The van der Waals surface area contributed by atoms with Crippen LogP contribution in [0.3, 0.4) is 0 Å². The molecule has 142 valence electrons. The van der Waals surface area contributed by atoms with E-state index in [2.05, 4.69) is 10.3 Å². The lowest BCUT2D eigenvalue weighted by atomic mass is 10.1. The molecule has 5 nitrogen and oxygen atoms in total. The van der Waals surface area contributed by atoms with Crippen molar-refractivity contribution in [3.05, 3.63) is 102 Å². The van der Waals surface area contributed by atoms with E-state index in [1.165, 1.54) is 18.2 Å². The average Bonchev–Trinajstić information content (AvgIpc) is 2.76. The van der Waals surface area contributed by atoms with E-state index >= 15 is 0 Å². The second-order valence-corrected chi connectivity index (χ2v) is 6.20. The molecule has 0 aliphatic carbocycles. The van der Waals surface area contributed by atoms with E-state index in [0.29, 0.717) is 27.9 Å². The molecular formula is C23H15FN2O3. The molecule has 0 saturated heterocycles. The second kappa shape index (κ2) is 7.90. The molecule has 0 saturated carbocycles. The summed E-state index contributed by atoms with van der Waals surface area (Å²) in [6.07, 6.45) is 1.56. The predicted molar refractivity (Wildman–Crippen MR) is 107 cm³/mol. The zero-order valence-electron chi connectivity index (χ0n) is 15.1. The third kappa shape index (κ3) is 3.82. The molecule has 1 aromatic heterocycles. The molecule has 0 aliphatic rings. The minimum Gasteiger partial charge on any atom is -0.422 e. The molecule has 0 aliphatic heterocycles. The number of hydrogen-bond donors (Lipinski definition) is 1. The highest BCUT2D eigenvalue weighted by molar-refractivity contribution is 6.09. The van der Waals surface area contributed by atoms with Crippen LogP contribution < -0.4 is 10.1 Å². The molecule has 1 amide bonds. The lowest BCUT2D eigenvalue weighted by Crippen LogP contribution is -2.14. The topological polar surface area (TPSA) is 68.3 Å². The molecular weight excluding hydrogens is 371 g/mol. The summed E-state index contributed by atoms with van der Waals surface area (Å²) in [4.78, 5) is 29.1. The third-order valence-electron chi connectivity index (χ3n) is 4.31. The van der Waals surface area contributed by atoms with Gasteiger partial charge in [-0.05, 0) is 48.5 Å². The van der Waals surface area contributed by atoms with E-state index in [0.717, 1.165) is 0 Å². The second-order valence-electron chi connectivity index (χ2n) is 6.20. The molecule has 4 rings (SSSR count). The first-order valence-electron chi connectivity index (χ1n) is 8.84. The maximum Gasteiger partial charge on any atom is 0.343 e. The van der Waals surface area contributed by atoms with E-state index in [9.17, 15) is 14.0 Å². The molecule has 0 atom stereocenters. The van der Waals surface area contributed by atoms with Gasteiger partial charge in [0.1, 0.15) is 11.6 Å². The molecule has 0 spiro atoms. The van der Waals surface area contributed by atoms with Crippen LogP contribution in [0.1, 0.15) is 20.7 Å². The summed E-state index contributed by atoms with van der Waals surface area (Å²) in [5.74, 6) is -1.40. The summed E-state index contributed by atoms with van der Waals surface area (Å²) >= 11 is 0. The van der Waals surface area contributed by atoms with E-state index in [1.807, 2.05) is 6.07 Å². The van der Waals surface area contributed by atoms with Gasteiger partial charge in [0, 0.05) is 11.6 Å². The normalized spacial score (nSPS) is 10.5. The Morgan fingerprint density at radius 1 is 0.862 bits per heavy atom. The van der Waals surface area contributed by atoms with Gasteiger partial charge in [-0.3, -0.25) is 9.78 Å². The van der Waals surface area contributed by atoms with Crippen molar-refractivity contribution in [2.75, 3.05) is 5.32 Å². The van der Waals surface area contributed by atoms with Crippen LogP contribution in [0.4, 0.5) is 10.1 Å². The number of hydrogen-bond acceptors (Lipinski definition) is 4. The fraction of sp³-hybridized carbons (Fsp3) is 0. The SMILES string of the molecule is O=C(Oc1ccc(NC(=O)c2ccccc2F)c2ncccc12)c1ccccc1. The summed E-state index contributed by atoms with van der Waals surface area (Å²) in [6.45, 7) is 0. The van der Waals surface area contributed by atoms with Crippen LogP contribution in [0.5, 0.6) is 5.75 Å². The zero-order chi connectivity index (χ0) is 20.2. The number of nitrogens with zero attached hydrogens (tertiary/aromatic N) is 1. The lowest BCUT2D eigenvalue weighted by molar-refractivity contribution is 0.0736. The summed E-state index contributed by atoms with van der Waals surface area (Å²) in [6, 6.07) is 20.9. The van der Waals surface area contributed by atoms with Gasteiger partial charge < -0.3 is 10.1 Å². The van der Waals surface area contributed by atoms with Crippen LogP contribution >= 0.6 is 0 Å². The Morgan fingerprint density at radius 2 is 1.62 bits per heavy atom. The van der Waals surface area contributed by atoms with Crippen molar-refractivity contribution in [3.63, 3.8) is 0 Å². The fourth-order valence-electron chi connectivity index (χ4n) is 2.90. The standard InChI is InChI=1S/C23H15FN2O3/c24-18-11-5-4-9-16(18)22(27)26-19-12-13-20(17-10-6-14-25-21(17)19)29-23(28)15-7-2-1-3-8-15/h1-14H,(H,26,27). The third-order valence-corrected chi connectivity index (χ3v) is 4.31. The lowest BCUT2D eigenvalue weighted by Gasteiger charge is -2.12. The number of carbonyl (C=O) groups excluding carboxylic acids is 2. The first kappa shape index (κ1) is 18.3. The summed E-state index contributed by atoms with van der Waals surface area (Å²) in [5, 5.41) is 3.22. The number of halogens is 1. The molecule has 1 heterocycles. The molecule has 29 heavy (non-hydrogen) atoms. The first-order chi connectivity index (χ1) is 14.1. The summed E-state index contributed by atoms with van der Waals surface area (Å²) < 4.78 is 19.4. The van der Waals surface area contributed by atoms with E-state index in [1.54, 1.807) is 60.8 Å². The Hall–Kier alpha value is -4.06. The Kier molecular flexibility index (Phi) is 4.99. The van der Waals surface area contributed by atoms with Gasteiger partial charge in [0.2, 0.25) is 0 Å². The highest BCUT2D eigenvalue weighted by Gasteiger charge is 2.16. The van der Waals surface area contributed by atoms with Crippen LogP contribution in [-0.4, -0.2) is 16.9 Å². The van der Waals surface area contributed by atoms with Crippen LogP contribution in [-0.2, 0) is 0 Å². The number of rotatable bonds is 4. The van der Waals surface area contributed by atoms with E-state index in [4.69, 9.17) is 4.74 Å². The molecule has 0 fully saturated rings. The monoisotopic (exact) mass is 386 g/mol. The van der Waals surface area contributed by atoms with Crippen molar-refractivity contribution >= 4 is 28.5 Å². The van der Waals surface area contributed by atoms with Crippen LogP contribution in [0.25, 0.3) is 10.9 Å². The first-order valence-corrected chi connectivity index (χ1v) is 8.84. The Labute approximate surface area is 165 Å². The number of fused-ring (bicyclic) bond motifs is 1. The van der Waals surface area contributed by atoms with Crippen molar-refractivity contribution in [3.8, 4) is 5.75 Å². The number of esters is 1. The van der Waals surface area contributed by atoms with Crippen molar-refractivity contribution in [1.82, 2.24) is 4.98 Å². The van der Waals surface area contributed by atoms with Crippen molar-refractivity contribution in [1.29, 1.82) is 0 Å². The molecule has 0 bridgehead atoms. The minimum absolute atomic E-state index is 0.0730. The van der Waals surface area contributed by atoms with Gasteiger partial charge in [0.25, 0.3) is 5.91 Å². The Morgan fingerprint density at radius 3 is 2.41 bits per heavy atom. The highest BCUT2D eigenvalue weighted by atomic mass is 19.1. The van der Waals surface area contributed by atoms with Gasteiger partial charge in [-0.15, -0.1) is 0 Å². The smallest absolute Gasteiger partial charge is 0.343 e. The van der Waals surface area contributed by atoms with Crippen molar-refractivity contribution < 1.29 is 18.7 Å². The van der Waals surface area contributed by atoms with Gasteiger partial charge in [-0.2, -0.15) is 0 Å². The number of carbonyl (C=O) groups is 2. The number of ether oxygens (including phenoxy) is 1. The van der Waals surface area contributed by atoms with Gasteiger partial charge in [-0.1, -0.05) is 30.3 Å².